The Balaban J connectivity index is 0. The molecule has 0 aromatic heterocycles. The number of hydrogen-bond donors (Lipinski definition) is 2. The number of allylic oxidation sites excluding steroid dienone is 1. The average molecular weight is 293 g/mol. The van der Waals surface area contributed by atoms with Crippen LogP contribution in [-0.2, 0) is 0 Å². The van der Waals surface area contributed by atoms with Gasteiger partial charge in [0.2, 0.25) is 0 Å². The van der Waals surface area contributed by atoms with Gasteiger partial charge >= 0.3 is 0 Å². The van der Waals surface area contributed by atoms with E-state index in [9.17, 15) is 0 Å². The summed E-state index contributed by atoms with van der Waals surface area (Å²) in [5.41, 5.74) is 16.6. The normalized spacial score (nSPS) is 10.4. The van der Waals surface area contributed by atoms with Crippen molar-refractivity contribution in [3.05, 3.63) is 45.5 Å². The van der Waals surface area contributed by atoms with E-state index in [1.807, 2.05) is 25.5 Å². The summed E-state index contributed by atoms with van der Waals surface area (Å²) in [6.07, 6.45) is 3.82. The molecule has 20 heavy (non-hydrogen) atoms. The number of thioether (sulfide) groups is 1. The monoisotopic (exact) mass is 293 g/mol. The molecule has 1 aromatic carbocycles. The predicted octanol–water partition coefficient (Wildman–Crippen LogP) is 5.82. The first-order chi connectivity index (χ1) is 9.42. The van der Waals surface area contributed by atoms with Crippen molar-refractivity contribution >= 4 is 18.0 Å². The summed E-state index contributed by atoms with van der Waals surface area (Å²) in [5, 5.41) is 2.01. The Morgan fingerprint density at radius 2 is 1.35 bits per heavy atom. The molecule has 0 aliphatic rings. The van der Waals surface area contributed by atoms with Gasteiger partial charge in [-0.25, -0.2) is 11.1 Å². The Labute approximate surface area is 127 Å². The molecule has 0 amide bonds. The van der Waals surface area contributed by atoms with Crippen LogP contribution in [0.2, 0.25) is 0 Å². The van der Waals surface area contributed by atoms with Crippen LogP contribution < -0.4 is 0 Å². The lowest BCUT2D eigenvalue weighted by Gasteiger charge is -2.04. The van der Waals surface area contributed by atoms with Gasteiger partial charge in [0.05, 0.1) is 0 Å². The molecule has 0 aliphatic carbocycles. The fourth-order valence-corrected chi connectivity index (χ4v) is 1.91. The first-order valence-electron chi connectivity index (χ1n) is 6.40. The zero-order valence-electron chi connectivity index (χ0n) is 13.7. The predicted molar refractivity (Wildman–Crippen MR) is 92.3 cm³/mol. The molecule has 0 saturated heterocycles. The fourth-order valence-electron chi connectivity index (χ4n) is 1.51. The van der Waals surface area contributed by atoms with Gasteiger partial charge in [-0.15, -0.1) is 11.8 Å². The van der Waals surface area contributed by atoms with E-state index < -0.39 is 0 Å². The molecule has 0 atom stereocenters. The number of aryl methyl sites for hydroxylation is 4. The number of benzene rings is 1. The van der Waals surface area contributed by atoms with Gasteiger partial charge in [0, 0.05) is 11.9 Å². The van der Waals surface area contributed by atoms with Crippen molar-refractivity contribution in [1.82, 2.24) is 0 Å². The summed E-state index contributed by atoms with van der Waals surface area (Å²) >= 11 is 1.67. The van der Waals surface area contributed by atoms with Gasteiger partial charge in [-0.05, 0) is 75.5 Å². The Kier molecular flexibility index (Phi) is 13.2. The van der Waals surface area contributed by atoms with E-state index in [0.29, 0.717) is 0 Å². The number of nitrogens with zero attached hydrogens (tertiary/aromatic N) is 1. The highest BCUT2D eigenvalue weighted by molar-refractivity contribution is 8.01. The van der Waals surface area contributed by atoms with Gasteiger partial charge in [0.25, 0.3) is 0 Å². The molecule has 0 radical (unpaired) electrons. The highest BCUT2D eigenvalue weighted by atomic mass is 32.2. The number of aliphatic imine (C=N–C) groups is 1. The van der Waals surface area contributed by atoms with E-state index in [1.165, 1.54) is 22.3 Å². The van der Waals surface area contributed by atoms with E-state index in [0.717, 1.165) is 5.70 Å². The van der Waals surface area contributed by atoms with Crippen LogP contribution in [0.5, 0.6) is 0 Å². The molecule has 0 aliphatic heterocycles. The molecule has 2 N–H and O–H groups in total. The van der Waals surface area contributed by atoms with Gasteiger partial charge < -0.3 is 0 Å². The Hall–Kier alpha value is -1.42. The van der Waals surface area contributed by atoms with Crippen molar-refractivity contribution in [2.75, 3.05) is 6.26 Å². The summed E-state index contributed by atoms with van der Waals surface area (Å²) in [5.74, 6) is 0. The molecule has 112 valence electrons. The molecular weight excluding hydrogens is 266 g/mol. The maximum Gasteiger partial charge on any atom is 0.0431 e. The van der Waals surface area contributed by atoms with Crippen molar-refractivity contribution in [2.24, 2.45) is 4.99 Å². The molecule has 3 nitrogen and oxygen atoms in total. The molecule has 4 heteroatoms. The minimum Gasteiger partial charge on any atom is -0.266 e. The van der Waals surface area contributed by atoms with Crippen LogP contribution in [0, 0.1) is 38.8 Å². The van der Waals surface area contributed by atoms with Crippen LogP contribution >= 0.6 is 11.8 Å². The van der Waals surface area contributed by atoms with Crippen LogP contribution in [0.15, 0.2) is 28.2 Å². The van der Waals surface area contributed by atoms with Crippen LogP contribution in [0.4, 0.5) is 0 Å². The molecule has 0 heterocycles. The first kappa shape index (κ1) is 20.9. The lowest BCUT2D eigenvalue weighted by atomic mass is 10.0. The van der Waals surface area contributed by atoms with Crippen LogP contribution in [0.25, 0.3) is 0 Å². The lowest BCUT2D eigenvalue weighted by molar-refractivity contribution is 1.05. The standard InChI is InChI=1S/C10H14.C6H11NS.H2N2/c1-7-5-9(3)10(4)6-8(7)2;1-4-7-6(2)5-8-3;1-2/h5-6H,1-4H3;4-5H,1-3H3;1-2H/b;6-5-,7-4?;. The van der Waals surface area contributed by atoms with E-state index in [4.69, 9.17) is 11.1 Å². The SMILES string of the molecule is CC=N/C(C)=C\SC.Cc1cc(C)c(C)cc1C.N=N. The van der Waals surface area contributed by atoms with E-state index >= 15 is 0 Å². The van der Waals surface area contributed by atoms with E-state index in [1.54, 1.807) is 18.0 Å². The average Bonchev–Trinajstić information content (AvgIpc) is 2.40. The third-order valence-electron chi connectivity index (χ3n) is 2.73. The maximum atomic E-state index is 5.00. The summed E-state index contributed by atoms with van der Waals surface area (Å²) in [6.45, 7) is 12.5. The Morgan fingerprint density at radius 3 is 1.60 bits per heavy atom. The quantitative estimate of drug-likeness (QED) is 0.524. The Morgan fingerprint density at radius 1 is 1.00 bits per heavy atom. The summed E-state index contributed by atoms with van der Waals surface area (Å²) in [6, 6.07) is 4.48. The summed E-state index contributed by atoms with van der Waals surface area (Å²) in [7, 11) is 0. The van der Waals surface area contributed by atoms with Crippen LogP contribution in [-0.4, -0.2) is 12.5 Å². The molecule has 0 spiro atoms. The number of rotatable bonds is 2. The van der Waals surface area contributed by atoms with Crippen molar-refractivity contribution in [2.45, 2.75) is 41.5 Å². The highest BCUT2D eigenvalue weighted by Gasteiger charge is 1.95. The lowest BCUT2D eigenvalue weighted by Crippen LogP contribution is -1.86. The van der Waals surface area contributed by atoms with Crippen molar-refractivity contribution in [3.8, 4) is 0 Å². The smallest absolute Gasteiger partial charge is 0.0431 e. The largest absolute Gasteiger partial charge is 0.266 e. The van der Waals surface area contributed by atoms with E-state index in [-0.39, 0.29) is 0 Å². The van der Waals surface area contributed by atoms with Gasteiger partial charge in [-0.3, -0.25) is 4.99 Å². The Bertz CT molecular complexity index is 401. The second kappa shape index (κ2) is 12.6. The number of nitrogens with one attached hydrogen (secondary N) is 2. The third kappa shape index (κ3) is 9.50. The molecule has 0 unspecified atom stereocenters. The molecule has 0 bridgehead atoms. The summed E-state index contributed by atoms with van der Waals surface area (Å²) < 4.78 is 0. The highest BCUT2D eigenvalue weighted by Crippen LogP contribution is 2.13. The molecule has 1 aromatic rings. The zero-order chi connectivity index (χ0) is 16.1. The van der Waals surface area contributed by atoms with Crippen molar-refractivity contribution < 1.29 is 0 Å². The molecule has 0 saturated carbocycles. The third-order valence-corrected chi connectivity index (χ3v) is 3.31. The van der Waals surface area contributed by atoms with Crippen LogP contribution in [0.1, 0.15) is 36.1 Å². The molecular formula is C16H27N3S. The second-order valence-corrected chi connectivity index (χ2v) is 5.11. The van der Waals surface area contributed by atoms with Gasteiger partial charge in [-0.2, -0.15) is 0 Å². The molecule has 0 fully saturated rings. The minimum atomic E-state index is 1.07. The van der Waals surface area contributed by atoms with Gasteiger partial charge in [0.1, 0.15) is 0 Å². The molecule has 1 rings (SSSR count). The van der Waals surface area contributed by atoms with Gasteiger partial charge in [0.15, 0.2) is 0 Å². The first-order valence-corrected chi connectivity index (χ1v) is 7.68. The second-order valence-electron chi connectivity index (χ2n) is 4.40. The van der Waals surface area contributed by atoms with Gasteiger partial charge in [-0.1, -0.05) is 12.1 Å². The fraction of sp³-hybridized carbons (Fsp3) is 0.438. The minimum absolute atomic E-state index is 1.07. The maximum absolute atomic E-state index is 5.00. The zero-order valence-corrected chi connectivity index (χ0v) is 14.5. The topological polar surface area (TPSA) is 60.1 Å². The van der Waals surface area contributed by atoms with Crippen LogP contribution in [0.3, 0.4) is 0 Å². The van der Waals surface area contributed by atoms with Crippen molar-refractivity contribution in [3.63, 3.8) is 0 Å². The van der Waals surface area contributed by atoms with Crippen molar-refractivity contribution in [1.29, 1.82) is 11.1 Å². The van der Waals surface area contributed by atoms with E-state index in [2.05, 4.69) is 44.8 Å². The summed E-state index contributed by atoms with van der Waals surface area (Å²) in [4.78, 5) is 4.03. The number of hydrogen-bond acceptors (Lipinski definition) is 4.